The lowest BCUT2D eigenvalue weighted by Gasteiger charge is -2.09. The molecule has 0 saturated heterocycles. The second-order valence-corrected chi connectivity index (χ2v) is 8.86. The van der Waals surface area contributed by atoms with Gasteiger partial charge >= 0.3 is 12.2 Å². The van der Waals surface area contributed by atoms with E-state index in [0.717, 1.165) is 11.1 Å². The standard InChI is InChI=1S/C32H32N4O6/c37-31(41-23-25-7-3-1-4-8-25)33-19-21-39-29-15-11-27(12-16-29)35-36-28-13-17-30(18-14-28)40-22-20-34-32(38)42-24-26-9-5-2-6-10-26/h1-18H,19-24H2,(H,33,37)(H,34,38). The van der Waals surface area contributed by atoms with Gasteiger partial charge in [-0.25, -0.2) is 9.59 Å². The predicted molar refractivity (Wildman–Crippen MR) is 157 cm³/mol. The summed E-state index contributed by atoms with van der Waals surface area (Å²) in [7, 11) is 0. The molecule has 0 aliphatic carbocycles. The zero-order chi connectivity index (χ0) is 29.2. The lowest BCUT2D eigenvalue weighted by atomic mass is 10.2. The van der Waals surface area contributed by atoms with Gasteiger partial charge in [-0.3, -0.25) is 0 Å². The number of hydrogen-bond donors (Lipinski definition) is 2. The molecule has 10 heteroatoms. The van der Waals surface area contributed by atoms with E-state index in [1.807, 2.05) is 60.7 Å². The van der Waals surface area contributed by atoms with Crippen LogP contribution in [0.2, 0.25) is 0 Å². The van der Waals surface area contributed by atoms with Crippen molar-refractivity contribution < 1.29 is 28.5 Å². The number of hydrogen-bond acceptors (Lipinski definition) is 8. The van der Waals surface area contributed by atoms with Crippen LogP contribution in [0.5, 0.6) is 11.5 Å². The second-order valence-electron chi connectivity index (χ2n) is 8.86. The summed E-state index contributed by atoms with van der Waals surface area (Å²) in [6, 6.07) is 33.2. The maximum atomic E-state index is 11.8. The van der Waals surface area contributed by atoms with Crippen LogP contribution in [-0.2, 0) is 22.7 Å². The average Bonchev–Trinajstić information content (AvgIpc) is 3.04. The van der Waals surface area contributed by atoms with Crippen molar-refractivity contribution in [1.82, 2.24) is 10.6 Å². The predicted octanol–water partition coefficient (Wildman–Crippen LogP) is 6.71. The molecule has 42 heavy (non-hydrogen) atoms. The molecule has 0 radical (unpaired) electrons. The SMILES string of the molecule is O=C(NCCOc1ccc(N=Nc2ccc(OCCNC(=O)OCc3ccccc3)cc2)cc1)OCc1ccccc1. The summed E-state index contributed by atoms with van der Waals surface area (Å²) in [6.07, 6.45) is -0.988. The second kappa shape index (κ2) is 16.7. The van der Waals surface area contributed by atoms with E-state index in [-0.39, 0.29) is 13.2 Å². The minimum absolute atomic E-state index is 0.217. The van der Waals surface area contributed by atoms with Crippen LogP contribution in [-0.4, -0.2) is 38.5 Å². The van der Waals surface area contributed by atoms with Crippen LogP contribution in [0.3, 0.4) is 0 Å². The fourth-order valence-electron chi connectivity index (χ4n) is 3.53. The van der Waals surface area contributed by atoms with Crippen LogP contribution in [0.1, 0.15) is 11.1 Å². The van der Waals surface area contributed by atoms with Gasteiger partial charge in [0.25, 0.3) is 0 Å². The molecule has 2 amide bonds. The van der Waals surface area contributed by atoms with Crippen LogP contribution in [0.15, 0.2) is 119 Å². The number of ether oxygens (including phenoxy) is 4. The van der Waals surface area contributed by atoms with Gasteiger partial charge in [0, 0.05) is 0 Å². The van der Waals surface area contributed by atoms with E-state index in [9.17, 15) is 9.59 Å². The van der Waals surface area contributed by atoms with Crippen molar-refractivity contribution in [3.8, 4) is 11.5 Å². The van der Waals surface area contributed by atoms with E-state index in [1.165, 1.54) is 0 Å². The van der Waals surface area contributed by atoms with Crippen molar-refractivity contribution >= 4 is 23.6 Å². The zero-order valence-electron chi connectivity index (χ0n) is 23.0. The molecule has 4 aromatic carbocycles. The maximum Gasteiger partial charge on any atom is 0.407 e. The fourth-order valence-corrected chi connectivity index (χ4v) is 3.53. The smallest absolute Gasteiger partial charge is 0.407 e. The number of amides is 2. The Kier molecular flexibility index (Phi) is 11.7. The third kappa shape index (κ3) is 11.0. The summed E-state index contributed by atoms with van der Waals surface area (Å²) in [5.41, 5.74) is 3.17. The molecule has 0 spiro atoms. The van der Waals surface area contributed by atoms with E-state index in [1.54, 1.807) is 48.5 Å². The molecular weight excluding hydrogens is 536 g/mol. The molecule has 2 N–H and O–H groups in total. The monoisotopic (exact) mass is 568 g/mol. The number of carbonyl (C=O) groups is 2. The van der Waals surface area contributed by atoms with Gasteiger partial charge in [-0.1, -0.05) is 60.7 Å². The Balaban J connectivity index is 1.08. The minimum atomic E-state index is -0.494. The van der Waals surface area contributed by atoms with Gasteiger partial charge in [-0.2, -0.15) is 10.2 Å². The third-order valence-electron chi connectivity index (χ3n) is 5.66. The van der Waals surface area contributed by atoms with Crippen molar-refractivity contribution in [2.45, 2.75) is 13.2 Å². The van der Waals surface area contributed by atoms with Crippen molar-refractivity contribution in [2.24, 2.45) is 10.2 Å². The molecule has 0 atom stereocenters. The van der Waals surface area contributed by atoms with E-state index >= 15 is 0 Å². The number of carbonyl (C=O) groups excluding carboxylic acids is 2. The Morgan fingerprint density at radius 3 is 1.29 bits per heavy atom. The maximum absolute atomic E-state index is 11.8. The number of rotatable bonds is 14. The van der Waals surface area contributed by atoms with Crippen LogP contribution in [0.25, 0.3) is 0 Å². The molecule has 4 aromatic rings. The van der Waals surface area contributed by atoms with E-state index in [0.29, 0.717) is 49.2 Å². The van der Waals surface area contributed by atoms with Crippen molar-refractivity contribution in [3.63, 3.8) is 0 Å². The number of benzene rings is 4. The highest BCUT2D eigenvalue weighted by molar-refractivity contribution is 5.67. The highest BCUT2D eigenvalue weighted by Gasteiger charge is 2.04. The lowest BCUT2D eigenvalue weighted by Crippen LogP contribution is -2.28. The van der Waals surface area contributed by atoms with Gasteiger partial charge < -0.3 is 29.6 Å². The van der Waals surface area contributed by atoms with E-state index in [4.69, 9.17) is 18.9 Å². The molecule has 0 saturated carbocycles. The summed E-state index contributed by atoms with van der Waals surface area (Å²) in [6.45, 7) is 1.65. The Hall–Kier alpha value is -5.38. The Bertz CT molecular complexity index is 1290. The fraction of sp³-hybridized carbons (Fsp3) is 0.188. The van der Waals surface area contributed by atoms with Crippen LogP contribution in [0.4, 0.5) is 21.0 Å². The van der Waals surface area contributed by atoms with E-state index in [2.05, 4.69) is 20.9 Å². The van der Waals surface area contributed by atoms with Crippen LogP contribution in [0, 0.1) is 0 Å². The zero-order valence-corrected chi connectivity index (χ0v) is 23.0. The first kappa shape index (κ1) is 29.6. The van der Waals surface area contributed by atoms with Crippen LogP contribution < -0.4 is 20.1 Å². The molecule has 0 aliphatic heterocycles. The molecule has 4 rings (SSSR count). The number of azo groups is 1. The Morgan fingerprint density at radius 2 is 0.905 bits per heavy atom. The summed E-state index contributed by atoms with van der Waals surface area (Å²) in [4.78, 5) is 23.6. The molecule has 0 unspecified atom stereocenters. The van der Waals surface area contributed by atoms with Gasteiger partial charge in [-0.15, -0.1) is 0 Å². The molecule has 0 aromatic heterocycles. The highest BCUT2D eigenvalue weighted by Crippen LogP contribution is 2.23. The normalized spacial score (nSPS) is 10.6. The average molecular weight is 569 g/mol. The van der Waals surface area contributed by atoms with Gasteiger partial charge in [0.1, 0.15) is 37.9 Å². The van der Waals surface area contributed by atoms with Crippen molar-refractivity contribution in [2.75, 3.05) is 26.3 Å². The number of nitrogens with zero attached hydrogens (tertiary/aromatic N) is 2. The van der Waals surface area contributed by atoms with E-state index < -0.39 is 12.2 Å². The number of nitrogens with one attached hydrogen (secondary N) is 2. The summed E-state index contributed by atoms with van der Waals surface area (Å²) in [5.74, 6) is 1.29. The minimum Gasteiger partial charge on any atom is -0.492 e. The molecular formula is C32H32N4O6. The van der Waals surface area contributed by atoms with Gasteiger partial charge in [0.05, 0.1) is 24.5 Å². The Labute approximate surface area is 244 Å². The summed E-state index contributed by atoms with van der Waals surface area (Å²) >= 11 is 0. The van der Waals surface area contributed by atoms with Crippen molar-refractivity contribution in [1.29, 1.82) is 0 Å². The van der Waals surface area contributed by atoms with Gasteiger partial charge in [0.2, 0.25) is 0 Å². The summed E-state index contributed by atoms with van der Waals surface area (Å²) < 4.78 is 21.6. The number of alkyl carbamates (subject to hydrolysis) is 2. The largest absolute Gasteiger partial charge is 0.492 e. The van der Waals surface area contributed by atoms with Crippen molar-refractivity contribution in [3.05, 3.63) is 120 Å². The Morgan fingerprint density at radius 1 is 0.524 bits per heavy atom. The first-order valence-corrected chi connectivity index (χ1v) is 13.4. The van der Waals surface area contributed by atoms with Crippen LogP contribution >= 0.6 is 0 Å². The third-order valence-corrected chi connectivity index (χ3v) is 5.66. The van der Waals surface area contributed by atoms with Gasteiger partial charge in [-0.05, 0) is 59.7 Å². The lowest BCUT2D eigenvalue weighted by molar-refractivity contribution is 0.137. The summed E-state index contributed by atoms with van der Waals surface area (Å²) in [5, 5.41) is 13.8. The first-order valence-electron chi connectivity index (χ1n) is 13.4. The first-order chi connectivity index (χ1) is 20.6. The molecule has 216 valence electrons. The van der Waals surface area contributed by atoms with Gasteiger partial charge in [0.15, 0.2) is 0 Å². The topological polar surface area (TPSA) is 120 Å². The molecule has 10 nitrogen and oxygen atoms in total. The molecule has 0 fully saturated rings. The highest BCUT2D eigenvalue weighted by atomic mass is 16.6. The molecule has 0 heterocycles. The quantitative estimate of drug-likeness (QED) is 0.129. The molecule has 0 bridgehead atoms. The molecule has 0 aliphatic rings.